The first-order chi connectivity index (χ1) is 46.6. The SMILES string of the molecule is CC(C)(C)OC(=O)NN.CC(C)(C)OC(=O)NNC(=O)N1CCN(C(=O)OCc2ccccc2)CC1.CC(C)(C)OC(=O)NNC(=O)N1CCNCC1.CCCc1cc(N2CCN(C(=O)NN)CC2)nc2sc(C(N)=O)c(N)c12.O=C(Cl)Cl.O=C(OCc1ccccc1)N1CCNCC1. The predicted octanol–water partition coefficient (Wildman–Crippen LogP) is 5.96. The summed E-state index contributed by atoms with van der Waals surface area (Å²) in [6.45, 7) is 28.1. The molecule has 0 bridgehead atoms. The predicted molar refractivity (Wildman–Crippen MR) is 375 cm³/mol. The molecule has 16 N–H and O–H groups in total. The number of ether oxygens (including phenoxy) is 5. The summed E-state index contributed by atoms with van der Waals surface area (Å²) in [4.78, 5) is 129. The van der Waals surface area contributed by atoms with Crippen LogP contribution in [0.25, 0.3) is 10.2 Å². The quantitative estimate of drug-likeness (QED) is 0.0318. The Kier molecular flexibility index (Phi) is 36.2. The molecular formula is C62H97Cl2N19O15S. The molecule has 0 spiro atoms. The molecule has 0 unspecified atom stereocenters. The summed E-state index contributed by atoms with van der Waals surface area (Å²) in [6, 6.07) is 20.1. The number of anilines is 2. The molecule has 34 nitrogen and oxygen atoms in total. The Hall–Kier alpha value is -9.13. The number of nitrogen functional groups attached to an aromatic ring is 1. The molecule has 99 heavy (non-hydrogen) atoms. The van der Waals surface area contributed by atoms with E-state index in [2.05, 4.69) is 72.8 Å². The number of amides is 12. The summed E-state index contributed by atoms with van der Waals surface area (Å²) in [7, 11) is 0. The Labute approximate surface area is 590 Å². The average molecular weight is 1450 g/mol. The van der Waals surface area contributed by atoms with Gasteiger partial charge in [-0.15, -0.1) is 11.3 Å². The van der Waals surface area contributed by atoms with Gasteiger partial charge in [0.1, 0.15) is 45.5 Å². The molecule has 0 atom stereocenters. The summed E-state index contributed by atoms with van der Waals surface area (Å²) < 4.78 is 24.3. The van der Waals surface area contributed by atoms with Gasteiger partial charge in [-0.2, -0.15) is 0 Å². The van der Waals surface area contributed by atoms with E-state index in [9.17, 15) is 43.2 Å². The number of hydrogen-bond donors (Lipinski definition) is 12. The number of piperazine rings is 4. The first-order valence-corrected chi connectivity index (χ1v) is 33.2. The van der Waals surface area contributed by atoms with Gasteiger partial charge in [0, 0.05) is 110 Å². The third-order valence-electron chi connectivity index (χ3n) is 13.4. The lowest BCUT2D eigenvalue weighted by atomic mass is 10.1. The van der Waals surface area contributed by atoms with Gasteiger partial charge in [-0.05, 0) is 115 Å². The lowest BCUT2D eigenvalue weighted by molar-refractivity contribution is 0.0485. The van der Waals surface area contributed by atoms with Gasteiger partial charge >= 0.3 is 53.3 Å². The van der Waals surface area contributed by atoms with Crippen LogP contribution in [0.1, 0.15) is 102 Å². The van der Waals surface area contributed by atoms with Crippen molar-refractivity contribution < 1.29 is 71.6 Å². The summed E-state index contributed by atoms with van der Waals surface area (Å²) in [5, 5.41) is 7.15. The molecule has 37 heteroatoms. The van der Waals surface area contributed by atoms with Crippen molar-refractivity contribution >= 4 is 115 Å². The second kappa shape index (κ2) is 42.6. The number of hydrogen-bond acceptors (Lipinski definition) is 23. The number of benzene rings is 2. The largest absolute Gasteiger partial charge is 0.445 e. The van der Waals surface area contributed by atoms with Crippen LogP contribution in [-0.4, -0.2) is 210 Å². The number of urea groups is 3. The molecule has 550 valence electrons. The lowest BCUT2D eigenvalue weighted by Gasteiger charge is -2.35. The van der Waals surface area contributed by atoms with Gasteiger partial charge in [-0.25, -0.2) is 76.7 Å². The van der Waals surface area contributed by atoms with Crippen molar-refractivity contribution in [2.24, 2.45) is 17.4 Å². The van der Waals surface area contributed by atoms with Crippen LogP contribution in [0, 0.1) is 0 Å². The molecule has 8 rings (SSSR count). The Morgan fingerprint density at radius 3 is 1.29 bits per heavy atom. The minimum atomic E-state index is -0.889. The number of thiophene rings is 1. The van der Waals surface area contributed by atoms with Crippen LogP contribution >= 0.6 is 34.5 Å². The standard InChI is InChI=1S/C18H26N4O5.C16H23N7O2S.C12H16N2O2.C10H20N4O3.C5H12N2O2.CCl2O/c1-18(2,3)27-16(24)20-19-15(23)21-9-11-22(12-10-21)17(25)26-13-14-7-5-4-6-8-14;1-2-3-9-8-10(22-4-6-23(7-5-22)16(25)21-19)20-15-11(9)12(17)13(26-15)14(18)24;15-12(14-8-6-13-7-9-14)16-10-11-4-2-1-3-5-11;1-10(2,3)17-9(16)13-12-8(15)14-6-4-11-5-7-14;1-5(2,3)9-4(8)7-6;2-1(3)4/h4-8H,9-13H2,1-3H3,(H,19,23)(H,20,24);8H,2-7,17,19H2,1H3,(H2,18,24)(H,21,25);1-5,13H,6-10H2;11H,4-7H2,1-3H3,(H,12,15)(H,13,16);6H2,1-3H3,(H,7,8);. The molecular weight excluding hydrogens is 1350 g/mol. The van der Waals surface area contributed by atoms with Gasteiger partial charge in [0.25, 0.3) is 5.91 Å². The molecule has 4 aliphatic rings. The van der Waals surface area contributed by atoms with E-state index in [-0.39, 0.29) is 24.8 Å². The number of rotatable bonds is 8. The maximum Gasteiger partial charge on any atom is 0.426 e. The Bertz CT molecular complexity index is 3220. The fraction of sp³-hybridized carbons (Fsp3) is 0.532. The average Bonchev–Trinajstić information content (AvgIpc) is 1.67. The molecule has 4 saturated heterocycles. The van der Waals surface area contributed by atoms with Gasteiger partial charge in [-0.1, -0.05) is 74.0 Å². The van der Waals surface area contributed by atoms with Crippen molar-refractivity contribution in [2.75, 3.05) is 115 Å². The van der Waals surface area contributed by atoms with Crippen molar-refractivity contribution in [3.05, 3.63) is 88.3 Å². The number of carbonyl (C=O) groups excluding carboxylic acids is 10. The van der Waals surface area contributed by atoms with Crippen molar-refractivity contribution in [3.8, 4) is 0 Å². The fourth-order valence-corrected chi connectivity index (χ4v) is 9.93. The number of nitrogens with one attached hydrogen (secondary N) is 8. The highest BCUT2D eigenvalue weighted by Crippen LogP contribution is 2.37. The molecule has 2 aromatic carbocycles. The zero-order chi connectivity index (χ0) is 73.9. The van der Waals surface area contributed by atoms with E-state index in [1.807, 2.05) is 72.2 Å². The number of nitrogens with two attached hydrogens (primary N) is 4. The Morgan fingerprint density at radius 1 is 0.535 bits per heavy atom. The highest BCUT2D eigenvalue weighted by atomic mass is 35.5. The van der Waals surface area contributed by atoms with Crippen LogP contribution in [0.15, 0.2) is 66.7 Å². The number of halogens is 2. The molecule has 0 saturated carbocycles. The van der Waals surface area contributed by atoms with Crippen LogP contribution in [0.3, 0.4) is 0 Å². The van der Waals surface area contributed by atoms with Crippen molar-refractivity contribution in [1.82, 2.24) is 72.7 Å². The summed E-state index contributed by atoms with van der Waals surface area (Å²) in [6.07, 6.45) is -0.858. The zero-order valence-electron chi connectivity index (χ0n) is 57.7. The van der Waals surface area contributed by atoms with E-state index >= 15 is 0 Å². The second-order valence-electron chi connectivity index (χ2n) is 24.7. The number of pyridine rings is 1. The molecule has 4 fully saturated rings. The smallest absolute Gasteiger partial charge is 0.426 e. The van der Waals surface area contributed by atoms with Gasteiger partial charge < -0.3 is 75.2 Å². The van der Waals surface area contributed by atoms with Crippen LogP contribution in [0.4, 0.5) is 54.7 Å². The van der Waals surface area contributed by atoms with E-state index in [1.54, 1.807) is 81.9 Å². The number of primary amides is 1. The first kappa shape index (κ1) is 84.1. The maximum absolute atomic E-state index is 12.1. The number of aromatic nitrogens is 1. The summed E-state index contributed by atoms with van der Waals surface area (Å²) in [5.74, 6) is 10.2. The maximum atomic E-state index is 12.1. The number of hydrazine groups is 4. The molecule has 0 radical (unpaired) electrons. The monoisotopic (exact) mass is 1450 g/mol. The summed E-state index contributed by atoms with van der Waals surface area (Å²) >= 11 is 10.0. The Balaban J connectivity index is 0.000000330. The number of aryl methyl sites for hydroxylation is 1. The van der Waals surface area contributed by atoms with Gasteiger partial charge in [-0.3, -0.25) is 20.4 Å². The highest BCUT2D eigenvalue weighted by molar-refractivity contribution is 7.21. The van der Waals surface area contributed by atoms with E-state index in [4.69, 9.17) is 56.6 Å². The lowest BCUT2D eigenvalue weighted by Crippen LogP contribution is -2.56. The highest BCUT2D eigenvalue weighted by Gasteiger charge is 2.28. The molecule has 6 heterocycles. The topological polar surface area (TPSA) is 449 Å². The van der Waals surface area contributed by atoms with Crippen LogP contribution < -0.4 is 71.2 Å². The third kappa shape index (κ3) is 33.8. The number of fused-ring (bicyclic) bond motifs is 1. The minimum absolute atomic E-state index is 0.209. The molecule has 12 amide bonds. The number of carbonyl (C=O) groups is 10. The van der Waals surface area contributed by atoms with Crippen LogP contribution in [0.2, 0.25) is 0 Å². The second-order valence-corrected chi connectivity index (χ2v) is 26.6. The molecule has 0 aliphatic carbocycles. The van der Waals surface area contributed by atoms with Crippen LogP contribution in [-0.2, 0) is 43.3 Å². The molecule has 2 aromatic heterocycles. The fourth-order valence-electron chi connectivity index (χ4n) is 8.94. The first-order valence-electron chi connectivity index (χ1n) is 31.6. The van der Waals surface area contributed by atoms with Crippen molar-refractivity contribution in [2.45, 2.75) is 112 Å². The molecule has 4 aliphatic heterocycles. The van der Waals surface area contributed by atoms with Gasteiger partial charge in [0.05, 0.1) is 5.69 Å². The minimum Gasteiger partial charge on any atom is -0.445 e. The number of nitrogens with zero attached hydrogens (tertiary/aromatic N) is 7. The van der Waals surface area contributed by atoms with Gasteiger partial charge in [0.2, 0.25) is 0 Å². The zero-order valence-corrected chi connectivity index (χ0v) is 60.0. The van der Waals surface area contributed by atoms with Crippen LogP contribution in [0.5, 0.6) is 0 Å². The van der Waals surface area contributed by atoms with E-state index in [0.29, 0.717) is 82.6 Å². The normalized spacial score (nSPS) is 14.4. The van der Waals surface area contributed by atoms with E-state index in [1.165, 1.54) is 16.2 Å². The van der Waals surface area contributed by atoms with Crippen molar-refractivity contribution in [1.29, 1.82) is 0 Å². The molecule has 4 aromatic rings. The van der Waals surface area contributed by atoms with Gasteiger partial charge in [0.15, 0.2) is 0 Å². The third-order valence-corrected chi connectivity index (χ3v) is 14.5. The van der Waals surface area contributed by atoms with E-state index in [0.717, 1.165) is 84.8 Å². The Morgan fingerprint density at radius 2 is 0.909 bits per heavy atom. The van der Waals surface area contributed by atoms with Crippen molar-refractivity contribution in [3.63, 3.8) is 0 Å². The van der Waals surface area contributed by atoms with E-state index < -0.39 is 57.8 Å². The summed E-state index contributed by atoms with van der Waals surface area (Å²) in [5.41, 5.74) is 26.4.